The molecule has 0 amide bonds. The molecule has 6 heteroatoms. The molecule has 1 heterocycles. The maximum Gasteiger partial charge on any atom is 0.269 e. The molecule has 3 atom stereocenters. The van der Waals surface area contributed by atoms with Gasteiger partial charge in [0.15, 0.2) is 0 Å². The molecule has 1 fully saturated rings. The SMILES string of the molecule is CC1CN(CC(O)c2cccc([N+](=O)[O-])c2)C(c2ccccc2)CO1. The van der Waals surface area contributed by atoms with Crippen LogP contribution >= 0.6 is 0 Å². The van der Waals surface area contributed by atoms with Crippen LogP contribution in [-0.2, 0) is 4.74 Å². The van der Waals surface area contributed by atoms with Gasteiger partial charge >= 0.3 is 0 Å². The second-order valence-electron chi connectivity index (χ2n) is 6.39. The number of aliphatic hydroxyl groups is 1. The zero-order valence-electron chi connectivity index (χ0n) is 14.1. The smallest absolute Gasteiger partial charge is 0.269 e. The third-order valence-electron chi connectivity index (χ3n) is 4.53. The summed E-state index contributed by atoms with van der Waals surface area (Å²) in [7, 11) is 0. The molecular weight excluding hydrogens is 320 g/mol. The zero-order chi connectivity index (χ0) is 17.8. The van der Waals surface area contributed by atoms with E-state index < -0.39 is 11.0 Å². The first-order chi connectivity index (χ1) is 12.0. The van der Waals surface area contributed by atoms with Crippen LogP contribution in [0.2, 0.25) is 0 Å². The minimum atomic E-state index is -0.795. The Morgan fingerprint density at radius 1 is 1.28 bits per heavy atom. The topological polar surface area (TPSA) is 75.8 Å². The Hall–Kier alpha value is -2.28. The highest BCUT2D eigenvalue weighted by Gasteiger charge is 2.30. The van der Waals surface area contributed by atoms with E-state index in [0.29, 0.717) is 25.3 Å². The molecule has 1 saturated heterocycles. The molecule has 1 aliphatic rings. The van der Waals surface area contributed by atoms with Crippen LogP contribution in [0.5, 0.6) is 0 Å². The molecule has 6 nitrogen and oxygen atoms in total. The molecule has 0 aromatic heterocycles. The fraction of sp³-hybridized carbons (Fsp3) is 0.368. The second kappa shape index (κ2) is 7.74. The molecule has 0 radical (unpaired) electrons. The first-order valence-electron chi connectivity index (χ1n) is 8.37. The molecule has 1 N–H and O–H groups in total. The van der Waals surface area contributed by atoms with E-state index >= 15 is 0 Å². The van der Waals surface area contributed by atoms with Crippen LogP contribution < -0.4 is 0 Å². The van der Waals surface area contributed by atoms with Gasteiger partial charge in [-0.25, -0.2) is 0 Å². The summed E-state index contributed by atoms with van der Waals surface area (Å²) in [6.45, 7) is 3.67. The summed E-state index contributed by atoms with van der Waals surface area (Å²) < 4.78 is 5.80. The lowest BCUT2D eigenvalue weighted by molar-refractivity contribution is -0.385. The predicted molar refractivity (Wildman–Crippen MR) is 94.2 cm³/mol. The molecule has 2 aromatic carbocycles. The van der Waals surface area contributed by atoms with E-state index in [-0.39, 0.29) is 17.8 Å². The van der Waals surface area contributed by atoms with E-state index in [1.165, 1.54) is 12.1 Å². The van der Waals surface area contributed by atoms with Gasteiger partial charge < -0.3 is 9.84 Å². The number of aliphatic hydroxyl groups excluding tert-OH is 1. The van der Waals surface area contributed by atoms with E-state index in [2.05, 4.69) is 17.0 Å². The molecular formula is C19H22N2O4. The van der Waals surface area contributed by atoms with Crippen LogP contribution in [0, 0.1) is 10.1 Å². The van der Waals surface area contributed by atoms with E-state index in [1.54, 1.807) is 12.1 Å². The zero-order valence-corrected chi connectivity index (χ0v) is 14.1. The first-order valence-corrected chi connectivity index (χ1v) is 8.37. The van der Waals surface area contributed by atoms with Gasteiger partial charge in [0.05, 0.1) is 29.8 Å². The Balaban J connectivity index is 1.78. The van der Waals surface area contributed by atoms with E-state index in [1.807, 2.05) is 25.1 Å². The molecule has 25 heavy (non-hydrogen) atoms. The minimum Gasteiger partial charge on any atom is -0.387 e. The number of benzene rings is 2. The predicted octanol–water partition coefficient (Wildman–Crippen LogP) is 3.09. The van der Waals surface area contributed by atoms with Crippen LogP contribution in [0.4, 0.5) is 5.69 Å². The third kappa shape index (κ3) is 4.22. The number of rotatable bonds is 5. The summed E-state index contributed by atoms with van der Waals surface area (Å²) in [6, 6.07) is 16.3. The number of nitro groups is 1. The van der Waals surface area contributed by atoms with E-state index in [4.69, 9.17) is 4.74 Å². The molecule has 0 aliphatic carbocycles. The summed E-state index contributed by atoms with van der Waals surface area (Å²) in [6.07, 6.45) is -0.714. The third-order valence-corrected chi connectivity index (χ3v) is 4.53. The average molecular weight is 342 g/mol. The normalized spacial score (nSPS) is 22.5. The summed E-state index contributed by atoms with van der Waals surface area (Å²) in [5.41, 5.74) is 1.69. The van der Waals surface area contributed by atoms with Crippen molar-refractivity contribution < 1.29 is 14.8 Å². The van der Waals surface area contributed by atoms with Gasteiger partial charge in [-0.2, -0.15) is 0 Å². The summed E-state index contributed by atoms with van der Waals surface area (Å²) >= 11 is 0. The maximum absolute atomic E-state index is 10.9. The highest BCUT2D eigenvalue weighted by atomic mass is 16.6. The molecule has 132 valence electrons. The number of ether oxygens (including phenoxy) is 1. The Bertz CT molecular complexity index is 722. The molecule has 3 unspecified atom stereocenters. The molecule has 3 rings (SSSR count). The number of morpholine rings is 1. The summed E-state index contributed by atoms with van der Waals surface area (Å²) in [4.78, 5) is 12.7. The van der Waals surface area contributed by atoms with Crippen LogP contribution in [0.1, 0.15) is 30.2 Å². The Kier molecular flexibility index (Phi) is 5.43. The fourth-order valence-corrected chi connectivity index (χ4v) is 3.23. The first kappa shape index (κ1) is 17.5. The standard InChI is InChI=1S/C19H22N2O4/c1-14-11-20(18(13-25-14)15-6-3-2-4-7-15)12-19(22)16-8-5-9-17(10-16)21(23)24/h2-10,14,18-19,22H,11-13H2,1H3. The average Bonchev–Trinajstić information content (AvgIpc) is 2.62. The van der Waals surface area contributed by atoms with Crippen molar-refractivity contribution in [2.24, 2.45) is 0 Å². The minimum absolute atomic E-state index is 0.00787. The van der Waals surface area contributed by atoms with Gasteiger partial charge in [0.25, 0.3) is 5.69 Å². The number of nitro benzene ring substituents is 1. The van der Waals surface area contributed by atoms with Crippen molar-refractivity contribution in [1.29, 1.82) is 0 Å². The number of β-amino-alcohol motifs (C(OH)–C–C–N with tert-alkyl or cyclic N) is 1. The largest absolute Gasteiger partial charge is 0.387 e. The van der Waals surface area contributed by atoms with Gasteiger partial charge in [-0.3, -0.25) is 15.0 Å². The Morgan fingerprint density at radius 3 is 2.76 bits per heavy atom. The fourth-order valence-electron chi connectivity index (χ4n) is 3.23. The van der Waals surface area contributed by atoms with Gasteiger partial charge in [0, 0.05) is 25.2 Å². The van der Waals surface area contributed by atoms with Crippen LogP contribution in [0.3, 0.4) is 0 Å². The number of nitrogens with zero attached hydrogens (tertiary/aromatic N) is 2. The van der Waals surface area contributed by atoms with Gasteiger partial charge in [0.1, 0.15) is 0 Å². The van der Waals surface area contributed by atoms with Gasteiger partial charge in [-0.15, -0.1) is 0 Å². The van der Waals surface area contributed by atoms with Crippen LogP contribution in [0.15, 0.2) is 54.6 Å². The van der Waals surface area contributed by atoms with Crippen LogP contribution in [0.25, 0.3) is 0 Å². The van der Waals surface area contributed by atoms with Crippen LogP contribution in [-0.4, -0.2) is 40.7 Å². The van der Waals surface area contributed by atoms with Crippen molar-refractivity contribution >= 4 is 5.69 Å². The van der Waals surface area contributed by atoms with Crippen molar-refractivity contribution in [3.63, 3.8) is 0 Å². The lowest BCUT2D eigenvalue weighted by Crippen LogP contribution is -2.45. The number of hydrogen-bond donors (Lipinski definition) is 1. The molecule has 0 spiro atoms. The molecule has 0 saturated carbocycles. The summed E-state index contributed by atoms with van der Waals surface area (Å²) in [5, 5.41) is 21.6. The van der Waals surface area contributed by atoms with Crippen molar-refractivity contribution in [3.8, 4) is 0 Å². The second-order valence-corrected chi connectivity index (χ2v) is 6.39. The number of non-ortho nitro benzene ring substituents is 1. The quantitative estimate of drug-likeness (QED) is 0.667. The number of hydrogen-bond acceptors (Lipinski definition) is 5. The summed E-state index contributed by atoms with van der Waals surface area (Å²) in [5.74, 6) is 0. The Labute approximate surface area is 146 Å². The highest BCUT2D eigenvalue weighted by molar-refractivity contribution is 5.35. The highest BCUT2D eigenvalue weighted by Crippen LogP contribution is 2.29. The van der Waals surface area contributed by atoms with Crippen molar-refractivity contribution in [2.45, 2.75) is 25.2 Å². The van der Waals surface area contributed by atoms with Crippen molar-refractivity contribution in [1.82, 2.24) is 4.90 Å². The van der Waals surface area contributed by atoms with Gasteiger partial charge in [0.2, 0.25) is 0 Å². The van der Waals surface area contributed by atoms with E-state index in [9.17, 15) is 15.2 Å². The van der Waals surface area contributed by atoms with E-state index in [0.717, 1.165) is 5.56 Å². The maximum atomic E-state index is 10.9. The Morgan fingerprint density at radius 2 is 2.04 bits per heavy atom. The lowest BCUT2D eigenvalue weighted by atomic mass is 10.0. The van der Waals surface area contributed by atoms with Crippen molar-refractivity contribution in [2.75, 3.05) is 19.7 Å². The van der Waals surface area contributed by atoms with Crippen molar-refractivity contribution in [3.05, 3.63) is 75.8 Å². The molecule has 0 bridgehead atoms. The molecule has 1 aliphatic heterocycles. The molecule has 2 aromatic rings. The lowest BCUT2D eigenvalue weighted by Gasteiger charge is -2.39. The van der Waals surface area contributed by atoms with Gasteiger partial charge in [-0.05, 0) is 18.1 Å². The monoisotopic (exact) mass is 342 g/mol. The van der Waals surface area contributed by atoms with Gasteiger partial charge in [-0.1, -0.05) is 42.5 Å².